The highest BCUT2D eigenvalue weighted by molar-refractivity contribution is 7.09. The van der Waals surface area contributed by atoms with Crippen molar-refractivity contribution in [3.63, 3.8) is 0 Å². The summed E-state index contributed by atoms with van der Waals surface area (Å²) in [5.41, 5.74) is 3.77. The summed E-state index contributed by atoms with van der Waals surface area (Å²) in [7, 11) is 1.80. The van der Waals surface area contributed by atoms with Crippen LogP contribution in [0.1, 0.15) is 34.8 Å². The molecule has 0 saturated heterocycles. The van der Waals surface area contributed by atoms with E-state index in [1.165, 1.54) is 6.33 Å². The predicted molar refractivity (Wildman–Crippen MR) is 129 cm³/mol. The first-order valence-corrected chi connectivity index (χ1v) is 11.4. The number of benzene rings is 2. The van der Waals surface area contributed by atoms with Gasteiger partial charge in [0.25, 0.3) is 0 Å². The number of rotatable bonds is 8. The molecule has 0 aliphatic carbocycles. The van der Waals surface area contributed by atoms with Crippen molar-refractivity contribution in [2.75, 3.05) is 7.05 Å². The molecule has 33 heavy (non-hydrogen) atoms. The fourth-order valence-electron chi connectivity index (χ4n) is 3.29. The monoisotopic (exact) mass is 459 g/mol. The van der Waals surface area contributed by atoms with Crippen molar-refractivity contribution in [2.45, 2.75) is 26.5 Å². The fourth-order valence-corrected chi connectivity index (χ4v) is 3.88. The van der Waals surface area contributed by atoms with E-state index in [0.717, 1.165) is 33.3 Å². The summed E-state index contributed by atoms with van der Waals surface area (Å²) in [5, 5.41) is 7.15. The van der Waals surface area contributed by atoms with E-state index < -0.39 is 0 Å². The number of amides is 1. The van der Waals surface area contributed by atoms with E-state index in [4.69, 9.17) is 4.74 Å². The normalized spacial score (nSPS) is 12.1. The Kier molecular flexibility index (Phi) is 6.95. The lowest BCUT2D eigenvalue weighted by Crippen LogP contribution is -2.27. The average Bonchev–Trinajstić information content (AvgIpc) is 3.53. The summed E-state index contributed by atoms with van der Waals surface area (Å²) < 4.78 is 7.53. The molecule has 0 N–H and O–H groups in total. The maximum Gasteiger partial charge on any atom is 0.246 e. The molecule has 0 spiro atoms. The van der Waals surface area contributed by atoms with Gasteiger partial charge in [-0.1, -0.05) is 24.3 Å². The quantitative estimate of drug-likeness (QED) is 0.353. The van der Waals surface area contributed by atoms with Gasteiger partial charge in [-0.05, 0) is 55.3 Å². The number of thiazole rings is 1. The lowest BCUT2D eigenvalue weighted by atomic mass is 10.1. The van der Waals surface area contributed by atoms with E-state index in [-0.39, 0.29) is 11.9 Å². The van der Waals surface area contributed by atoms with E-state index in [1.54, 1.807) is 46.4 Å². The number of carbonyl (C=O) groups is 1. The van der Waals surface area contributed by atoms with Gasteiger partial charge in [0.05, 0.1) is 22.4 Å². The summed E-state index contributed by atoms with van der Waals surface area (Å²) in [5.74, 6) is 0.663. The number of ether oxygens (including phenoxy) is 1. The van der Waals surface area contributed by atoms with Crippen molar-refractivity contribution < 1.29 is 9.53 Å². The Morgan fingerprint density at radius 2 is 2.06 bits per heavy atom. The van der Waals surface area contributed by atoms with Crippen LogP contribution in [0.15, 0.2) is 72.6 Å². The average molecular weight is 460 g/mol. The van der Waals surface area contributed by atoms with Gasteiger partial charge in [-0.3, -0.25) is 4.79 Å². The molecule has 0 saturated carbocycles. The number of carbonyl (C=O) groups excluding carboxylic acids is 1. The lowest BCUT2D eigenvalue weighted by Gasteiger charge is -2.24. The molecule has 1 atom stereocenters. The summed E-state index contributed by atoms with van der Waals surface area (Å²) >= 11 is 1.61. The van der Waals surface area contributed by atoms with Crippen LogP contribution < -0.4 is 4.74 Å². The molecule has 1 amide bonds. The zero-order chi connectivity index (χ0) is 23.2. The summed E-state index contributed by atoms with van der Waals surface area (Å²) in [6, 6.07) is 15.5. The van der Waals surface area contributed by atoms with Crippen LogP contribution in [0, 0.1) is 6.92 Å². The number of aryl methyl sites for hydroxylation is 1. The van der Waals surface area contributed by atoms with E-state index >= 15 is 0 Å². The highest BCUT2D eigenvalue weighted by Gasteiger charge is 2.15. The first-order valence-electron chi connectivity index (χ1n) is 10.5. The SMILES string of the molecule is Cc1nc(COc2cccc(/C=C/C(=O)N(C)[C@H](C)c3ccc(-n4cncn4)cc3)c2)cs1. The van der Waals surface area contributed by atoms with Crippen molar-refractivity contribution in [3.8, 4) is 11.4 Å². The highest BCUT2D eigenvalue weighted by Crippen LogP contribution is 2.21. The molecule has 0 aliphatic rings. The van der Waals surface area contributed by atoms with Gasteiger partial charge in [-0.15, -0.1) is 11.3 Å². The van der Waals surface area contributed by atoms with Gasteiger partial charge in [0.2, 0.25) is 5.91 Å². The van der Waals surface area contributed by atoms with E-state index in [1.807, 2.05) is 67.8 Å². The van der Waals surface area contributed by atoms with E-state index in [2.05, 4.69) is 15.1 Å². The molecule has 0 aliphatic heterocycles. The zero-order valence-corrected chi connectivity index (χ0v) is 19.6. The van der Waals surface area contributed by atoms with Crippen LogP contribution in [0.25, 0.3) is 11.8 Å². The lowest BCUT2D eigenvalue weighted by molar-refractivity contribution is -0.126. The molecule has 8 heteroatoms. The minimum atomic E-state index is -0.0804. The van der Waals surface area contributed by atoms with Gasteiger partial charge >= 0.3 is 0 Å². The Hall–Kier alpha value is -3.78. The number of nitrogens with zero attached hydrogens (tertiary/aromatic N) is 5. The third kappa shape index (κ3) is 5.72. The first kappa shape index (κ1) is 22.4. The Morgan fingerprint density at radius 3 is 2.76 bits per heavy atom. The molecule has 0 radical (unpaired) electrons. The molecule has 4 rings (SSSR count). The summed E-state index contributed by atoms with van der Waals surface area (Å²) in [4.78, 5) is 22.8. The standard InChI is InChI=1S/C25H25N5O2S/c1-18(21-8-10-23(11-9-21)30-17-26-16-27-30)29(3)25(31)12-7-20-5-4-6-24(13-20)32-14-22-15-33-19(2)28-22/h4-13,15-18H,14H2,1-3H3/b12-7+/t18-/m1/s1. The van der Waals surface area contributed by atoms with Gasteiger partial charge in [-0.25, -0.2) is 14.6 Å². The maximum atomic E-state index is 12.8. The molecular weight excluding hydrogens is 434 g/mol. The highest BCUT2D eigenvalue weighted by atomic mass is 32.1. The zero-order valence-electron chi connectivity index (χ0n) is 18.8. The largest absolute Gasteiger partial charge is 0.487 e. The van der Waals surface area contributed by atoms with Crippen molar-refractivity contribution in [2.24, 2.45) is 0 Å². The second kappa shape index (κ2) is 10.2. The second-order valence-corrected chi connectivity index (χ2v) is 8.67. The minimum Gasteiger partial charge on any atom is -0.487 e. The molecule has 2 aromatic carbocycles. The van der Waals surface area contributed by atoms with Crippen LogP contribution in [-0.4, -0.2) is 37.6 Å². The predicted octanol–water partition coefficient (Wildman–Crippen LogP) is 4.84. The number of hydrogen-bond donors (Lipinski definition) is 0. The first-order chi connectivity index (χ1) is 16.0. The maximum absolute atomic E-state index is 12.8. The van der Waals surface area contributed by atoms with Crippen LogP contribution >= 0.6 is 11.3 Å². The second-order valence-electron chi connectivity index (χ2n) is 7.61. The molecule has 4 aromatic rings. The number of likely N-dealkylation sites (N-methyl/N-ethyl adjacent to an activating group) is 1. The Bertz CT molecular complexity index is 1230. The van der Waals surface area contributed by atoms with Gasteiger partial charge in [-0.2, -0.15) is 5.10 Å². The van der Waals surface area contributed by atoms with Crippen LogP contribution in [0.3, 0.4) is 0 Å². The molecule has 2 heterocycles. The third-order valence-corrected chi connectivity index (χ3v) is 6.14. The number of hydrogen-bond acceptors (Lipinski definition) is 6. The van der Waals surface area contributed by atoms with Crippen molar-refractivity contribution >= 4 is 23.3 Å². The molecule has 0 fully saturated rings. The van der Waals surface area contributed by atoms with Gasteiger partial charge in [0.15, 0.2) is 0 Å². The van der Waals surface area contributed by atoms with Crippen molar-refractivity contribution in [1.82, 2.24) is 24.6 Å². The van der Waals surface area contributed by atoms with Crippen LogP contribution in [0.4, 0.5) is 0 Å². The van der Waals surface area contributed by atoms with E-state index in [9.17, 15) is 4.79 Å². The molecule has 0 unspecified atom stereocenters. The Balaban J connectivity index is 1.36. The van der Waals surface area contributed by atoms with Gasteiger partial charge in [0.1, 0.15) is 25.0 Å². The van der Waals surface area contributed by atoms with Crippen LogP contribution in [0.2, 0.25) is 0 Å². The van der Waals surface area contributed by atoms with Crippen LogP contribution in [0.5, 0.6) is 5.75 Å². The Labute approximate surface area is 197 Å². The van der Waals surface area contributed by atoms with Crippen molar-refractivity contribution in [1.29, 1.82) is 0 Å². The molecular formula is C25H25N5O2S. The molecule has 168 valence electrons. The van der Waals surface area contributed by atoms with Gasteiger partial charge in [0, 0.05) is 18.5 Å². The van der Waals surface area contributed by atoms with Gasteiger partial charge < -0.3 is 9.64 Å². The third-order valence-electron chi connectivity index (χ3n) is 5.32. The molecule has 2 aromatic heterocycles. The van der Waals surface area contributed by atoms with Crippen molar-refractivity contribution in [3.05, 3.63) is 94.5 Å². The summed E-state index contributed by atoms with van der Waals surface area (Å²) in [6.45, 7) is 4.40. The number of aromatic nitrogens is 4. The van der Waals surface area contributed by atoms with E-state index in [0.29, 0.717) is 6.61 Å². The van der Waals surface area contributed by atoms with Crippen LogP contribution in [-0.2, 0) is 11.4 Å². The smallest absolute Gasteiger partial charge is 0.246 e. The molecule has 0 bridgehead atoms. The minimum absolute atomic E-state index is 0.0767. The Morgan fingerprint density at radius 1 is 1.24 bits per heavy atom. The topological polar surface area (TPSA) is 73.1 Å². The summed E-state index contributed by atoms with van der Waals surface area (Å²) in [6.07, 6.45) is 6.54. The molecule has 7 nitrogen and oxygen atoms in total. The fraction of sp³-hybridized carbons (Fsp3) is 0.200.